The molecule has 0 aliphatic rings. The molecule has 72 valence electrons. The lowest BCUT2D eigenvalue weighted by Gasteiger charge is -2.28. The predicted octanol–water partition coefficient (Wildman–Crippen LogP) is 2.63. The SMILES string of the molecule is CC(C)C(C)CC(C)(C)C(=N)N. The first-order chi connectivity index (χ1) is 5.27. The summed E-state index contributed by atoms with van der Waals surface area (Å²) >= 11 is 0. The summed E-state index contributed by atoms with van der Waals surface area (Å²) in [4.78, 5) is 0. The smallest absolute Gasteiger partial charge is 0.0963 e. The van der Waals surface area contributed by atoms with Gasteiger partial charge in [0.1, 0.15) is 0 Å². The Hall–Kier alpha value is -0.530. The number of nitrogens with two attached hydrogens (primary N) is 1. The quantitative estimate of drug-likeness (QED) is 0.494. The highest BCUT2D eigenvalue weighted by molar-refractivity contribution is 5.82. The van der Waals surface area contributed by atoms with Crippen molar-refractivity contribution >= 4 is 5.84 Å². The topological polar surface area (TPSA) is 49.9 Å². The summed E-state index contributed by atoms with van der Waals surface area (Å²) < 4.78 is 0. The van der Waals surface area contributed by atoms with Crippen molar-refractivity contribution in [1.29, 1.82) is 5.41 Å². The van der Waals surface area contributed by atoms with Crippen molar-refractivity contribution in [2.45, 2.75) is 41.0 Å². The molecular formula is C10H22N2. The largest absolute Gasteiger partial charge is 0.387 e. The first kappa shape index (κ1) is 11.5. The van der Waals surface area contributed by atoms with Gasteiger partial charge in [0.15, 0.2) is 0 Å². The molecule has 0 saturated heterocycles. The Morgan fingerprint density at radius 3 is 2.00 bits per heavy atom. The predicted molar refractivity (Wildman–Crippen MR) is 54.3 cm³/mol. The van der Waals surface area contributed by atoms with E-state index in [1.54, 1.807) is 0 Å². The molecule has 0 aromatic rings. The van der Waals surface area contributed by atoms with E-state index in [1.165, 1.54) is 0 Å². The molecule has 0 spiro atoms. The Bertz CT molecular complexity index is 159. The zero-order valence-electron chi connectivity index (χ0n) is 8.94. The molecule has 0 aliphatic heterocycles. The van der Waals surface area contributed by atoms with Crippen molar-refractivity contribution in [3.63, 3.8) is 0 Å². The van der Waals surface area contributed by atoms with Gasteiger partial charge in [0.25, 0.3) is 0 Å². The molecule has 0 aromatic heterocycles. The maximum Gasteiger partial charge on any atom is 0.0963 e. The van der Waals surface area contributed by atoms with Crippen molar-refractivity contribution < 1.29 is 0 Å². The monoisotopic (exact) mass is 170 g/mol. The highest BCUT2D eigenvalue weighted by atomic mass is 14.7. The first-order valence-electron chi connectivity index (χ1n) is 4.62. The Kier molecular flexibility index (Phi) is 3.75. The molecule has 2 nitrogen and oxygen atoms in total. The summed E-state index contributed by atoms with van der Waals surface area (Å²) in [5.74, 6) is 1.60. The van der Waals surface area contributed by atoms with Crippen LogP contribution in [0.1, 0.15) is 41.0 Å². The van der Waals surface area contributed by atoms with Crippen LogP contribution < -0.4 is 5.73 Å². The van der Waals surface area contributed by atoms with Crippen LogP contribution in [-0.4, -0.2) is 5.84 Å². The van der Waals surface area contributed by atoms with Gasteiger partial charge in [-0.3, -0.25) is 5.41 Å². The second-order valence-corrected chi connectivity index (χ2v) is 4.72. The average molecular weight is 170 g/mol. The summed E-state index contributed by atoms with van der Waals surface area (Å²) in [6.07, 6.45) is 1.00. The molecule has 0 aromatic carbocycles. The molecule has 0 rings (SSSR count). The van der Waals surface area contributed by atoms with Crippen LogP contribution in [0.2, 0.25) is 0 Å². The minimum absolute atomic E-state index is 0.135. The minimum Gasteiger partial charge on any atom is -0.387 e. The number of nitrogens with one attached hydrogen (secondary N) is 1. The lowest BCUT2D eigenvalue weighted by molar-refractivity contribution is 0.303. The molecule has 1 atom stereocenters. The second kappa shape index (κ2) is 3.92. The maximum absolute atomic E-state index is 7.41. The van der Waals surface area contributed by atoms with Crippen LogP contribution in [-0.2, 0) is 0 Å². The van der Waals surface area contributed by atoms with Gasteiger partial charge in [-0.25, -0.2) is 0 Å². The fourth-order valence-corrected chi connectivity index (χ4v) is 1.15. The summed E-state index contributed by atoms with van der Waals surface area (Å²) in [5.41, 5.74) is 5.37. The Morgan fingerprint density at radius 2 is 1.75 bits per heavy atom. The van der Waals surface area contributed by atoms with Crippen LogP contribution in [0.25, 0.3) is 0 Å². The van der Waals surface area contributed by atoms with Gasteiger partial charge in [0, 0.05) is 5.41 Å². The van der Waals surface area contributed by atoms with E-state index in [1.807, 2.05) is 13.8 Å². The van der Waals surface area contributed by atoms with Gasteiger partial charge >= 0.3 is 0 Å². The highest BCUT2D eigenvalue weighted by Gasteiger charge is 2.25. The van der Waals surface area contributed by atoms with Crippen molar-refractivity contribution in [2.24, 2.45) is 23.0 Å². The minimum atomic E-state index is -0.135. The summed E-state index contributed by atoms with van der Waals surface area (Å²) in [7, 11) is 0. The van der Waals surface area contributed by atoms with E-state index in [9.17, 15) is 0 Å². The number of rotatable bonds is 4. The van der Waals surface area contributed by atoms with Gasteiger partial charge in [-0.1, -0.05) is 34.6 Å². The van der Waals surface area contributed by atoms with E-state index < -0.39 is 0 Å². The molecule has 0 saturated carbocycles. The molecule has 12 heavy (non-hydrogen) atoms. The van der Waals surface area contributed by atoms with E-state index in [4.69, 9.17) is 11.1 Å². The number of amidine groups is 1. The van der Waals surface area contributed by atoms with Crippen LogP contribution in [0.3, 0.4) is 0 Å². The van der Waals surface area contributed by atoms with Crippen LogP contribution >= 0.6 is 0 Å². The number of hydrogen-bond acceptors (Lipinski definition) is 1. The molecule has 0 radical (unpaired) electrons. The molecule has 1 unspecified atom stereocenters. The summed E-state index contributed by atoms with van der Waals surface area (Å²) in [6, 6.07) is 0. The van der Waals surface area contributed by atoms with E-state index in [2.05, 4.69) is 20.8 Å². The Balaban J connectivity index is 4.15. The van der Waals surface area contributed by atoms with Crippen molar-refractivity contribution in [3.8, 4) is 0 Å². The molecule has 3 N–H and O–H groups in total. The summed E-state index contributed by atoms with van der Waals surface area (Å²) in [5, 5.41) is 7.41. The average Bonchev–Trinajstić information content (AvgIpc) is 1.85. The molecule has 0 bridgehead atoms. The zero-order chi connectivity index (χ0) is 9.94. The fraction of sp³-hybridized carbons (Fsp3) is 0.900. The lowest BCUT2D eigenvalue weighted by Crippen LogP contribution is -2.33. The van der Waals surface area contributed by atoms with Crippen LogP contribution in [0.15, 0.2) is 0 Å². The van der Waals surface area contributed by atoms with E-state index in [0.29, 0.717) is 17.7 Å². The van der Waals surface area contributed by atoms with Crippen molar-refractivity contribution in [1.82, 2.24) is 0 Å². The van der Waals surface area contributed by atoms with Gasteiger partial charge in [-0.15, -0.1) is 0 Å². The standard InChI is InChI=1S/C10H22N2/c1-7(2)8(3)6-10(4,5)9(11)12/h7-8H,6H2,1-5H3,(H3,11,12). The second-order valence-electron chi connectivity index (χ2n) is 4.72. The van der Waals surface area contributed by atoms with Crippen molar-refractivity contribution in [3.05, 3.63) is 0 Å². The van der Waals surface area contributed by atoms with E-state index in [0.717, 1.165) is 6.42 Å². The fourth-order valence-electron chi connectivity index (χ4n) is 1.15. The van der Waals surface area contributed by atoms with Crippen LogP contribution in [0, 0.1) is 22.7 Å². The molecule has 2 heteroatoms. The van der Waals surface area contributed by atoms with Crippen molar-refractivity contribution in [2.75, 3.05) is 0 Å². The van der Waals surface area contributed by atoms with Gasteiger partial charge in [-0.2, -0.15) is 0 Å². The molecule has 0 amide bonds. The first-order valence-corrected chi connectivity index (χ1v) is 4.62. The molecule has 0 heterocycles. The molecular weight excluding hydrogens is 148 g/mol. The molecule has 0 fully saturated rings. The van der Waals surface area contributed by atoms with Gasteiger partial charge < -0.3 is 5.73 Å². The lowest BCUT2D eigenvalue weighted by atomic mass is 9.78. The zero-order valence-corrected chi connectivity index (χ0v) is 8.94. The third kappa shape index (κ3) is 3.24. The third-order valence-corrected chi connectivity index (χ3v) is 2.70. The summed E-state index contributed by atoms with van der Waals surface area (Å²) in [6.45, 7) is 10.7. The maximum atomic E-state index is 7.41. The van der Waals surface area contributed by atoms with Gasteiger partial charge in [0.2, 0.25) is 0 Å². The van der Waals surface area contributed by atoms with Gasteiger partial charge in [0.05, 0.1) is 5.84 Å². The van der Waals surface area contributed by atoms with Crippen LogP contribution in [0.5, 0.6) is 0 Å². The van der Waals surface area contributed by atoms with E-state index >= 15 is 0 Å². The highest BCUT2D eigenvalue weighted by Crippen LogP contribution is 2.28. The third-order valence-electron chi connectivity index (χ3n) is 2.70. The normalized spacial score (nSPS) is 14.8. The number of hydrogen-bond donors (Lipinski definition) is 2. The van der Waals surface area contributed by atoms with E-state index in [-0.39, 0.29) is 5.41 Å². The van der Waals surface area contributed by atoms with Crippen LogP contribution in [0.4, 0.5) is 0 Å². The Morgan fingerprint density at radius 1 is 1.33 bits per heavy atom. The molecule has 0 aliphatic carbocycles. The van der Waals surface area contributed by atoms with Gasteiger partial charge in [-0.05, 0) is 18.3 Å². The Labute approximate surface area is 76.0 Å².